The summed E-state index contributed by atoms with van der Waals surface area (Å²) in [4.78, 5) is 21.9. The summed E-state index contributed by atoms with van der Waals surface area (Å²) in [7, 11) is 0. The lowest BCUT2D eigenvalue weighted by Crippen LogP contribution is -2.21. The van der Waals surface area contributed by atoms with Crippen LogP contribution in [0.2, 0.25) is 0 Å². The zero-order chi connectivity index (χ0) is 19.1. The molecule has 0 bridgehead atoms. The highest BCUT2D eigenvalue weighted by Gasteiger charge is 2.13. The standard InChI is InChI=1S/C10H18O3.C8H14O3/c1-5-7-9(12-6-2)13-10(11)8(3)4;1-5-10-7(4)11-8(9)6(2)3/h9H,3,5-7H2,1-2,4H3;7H,2,5H2,1,3-4H3. The molecule has 0 N–H and O–H groups in total. The van der Waals surface area contributed by atoms with E-state index in [-0.39, 0.29) is 5.97 Å². The fourth-order valence-electron chi connectivity index (χ4n) is 1.34. The third-order valence-electron chi connectivity index (χ3n) is 2.49. The third kappa shape index (κ3) is 14.0. The van der Waals surface area contributed by atoms with E-state index in [9.17, 15) is 9.59 Å². The maximum absolute atomic E-state index is 11.1. The zero-order valence-corrected chi connectivity index (χ0v) is 15.8. The number of hydrogen-bond acceptors (Lipinski definition) is 6. The molecular weight excluding hydrogens is 312 g/mol. The van der Waals surface area contributed by atoms with Gasteiger partial charge in [-0.1, -0.05) is 26.5 Å². The van der Waals surface area contributed by atoms with E-state index in [1.807, 2.05) is 20.8 Å². The van der Waals surface area contributed by atoms with Crippen molar-refractivity contribution >= 4 is 11.9 Å². The van der Waals surface area contributed by atoms with Crippen LogP contribution < -0.4 is 0 Å². The minimum Gasteiger partial charge on any atom is -0.433 e. The molecule has 6 nitrogen and oxygen atoms in total. The Hall–Kier alpha value is -1.66. The molecule has 0 aromatic heterocycles. The fourth-order valence-corrected chi connectivity index (χ4v) is 1.34. The molecule has 0 saturated carbocycles. The van der Waals surface area contributed by atoms with E-state index < -0.39 is 18.5 Å². The van der Waals surface area contributed by atoms with Crippen molar-refractivity contribution in [3.8, 4) is 0 Å². The summed E-state index contributed by atoms with van der Waals surface area (Å²) >= 11 is 0. The molecule has 0 fully saturated rings. The fraction of sp³-hybridized carbons (Fsp3) is 0.667. The smallest absolute Gasteiger partial charge is 0.335 e. The molecule has 6 heteroatoms. The van der Waals surface area contributed by atoms with E-state index in [2.05, 4.69) is 13.2 Å². The first-order valence-electron chi connectivity index (χ1n) is 8.15. The van der Waals surface area contributed by atoms with Crippen molar-refractivity contribution in [2.45, 2.75) is 67.0 Å². The van der Waals surface area contributed by atoms with Gasteiger partial charge in [-0.05, 0) is 34.6 Å². The second-order valence-electron chi connectivity index (χ2n) is 5.07. The topological polar surface area (TPSA) is 71.1 Å². The highest BCUT2D eigenvalue weighted by atomic mass is 16.7. The van der Waals surface area contributed by atoms with Crippen molar-refractivity contribution in [3.63, 3.8) is 0 Å². The van der Waals surface area contributed by atoms with Crippen LogP contribution in [0.3, 0.4) is 0 Å². The zero-order valence-electron chi connectivity index (χ0n) is 15.8. The molecule has 0 amide bonds. The lowest BCUT2D eigenvalue weighted by atomic mass is 10.3. The molecule has 0 rings (SSSR count). The Bertz CT molecular complexity index is 396. The third-order valence-corrected chi connectivity index (χ3v) is 2.49. The Labute approximate surface area is 145 Å². The van der Waals surface area contributed by atoms with Gasteiger partial charge in [0.1, 0.15) is 0 Å². The minimum absolute atomic E-state index is 0.382. The number of carbonyl (C=O) groups excluding carboxylic acids is 2. The van der Waals surface area contributed by atoms with Gasteiger partial charge in [0, 0.05) is 30.8 Å². The average Bonchev–Trinajstić information content (AvgIpc) is 2.48. The summed E-state index contributed by atoms with van der Waals surface area (Å²) in [5.41, 5.74) is 0.789. The maximum Gasteiger partial charge on any atom is 0.335 e. The Morgan fingerprint density at radius 1 is 0.875 bits per heavy atom. The van der Waals surface area contributed by atoms with Crippen LogP contribution in [0.1, 0.15) is 54.4 Å². The van der Waals surface area contributed by atoms with Gasteiger partial charge in [0.2, 0.25) is 6.29 Å². The van der Waals surface area contributed by atoms with Crippen LogP contribution >= 0.6 is 0 Å². The Morgan fingerprint density at radius 3 is 1.71 bits per heavy atom. The average molecular weight is 344 g/mol. The molecule has 0 aliphatic rings. The predicted molar refractivity (Wildman–Crippen MR) is 93.2 cm³/mol. The highest BCUT2D eigenvalue weighted by molar-refractivity contribution is 5.87. The molecule has 24 heavy (non-hydrogen) atoms. The molecular formula is C18H32O6. The van der Waals surface area contributed by atoms with Gasteiger partial charge in [-0.15, -0.1) is 0 Å². The molecule has 0 spiro atoms. The molecule has 140 valence electrons. The maximum atomic E-state index is 11.1. The normalized spacial score (nSPS) is 12.2. The molecule has 0 aromatic rings. The van der Waals surface area contributed by atoms with Gasteiger partial charge in [0.25, 0.3) is 0 Å². The molecule has 0 heterocycles. The van der Waals surface area contributed by atoms with Gasteiger partial charge >= 0.3 is 11.9 Å². The van der Waals surface area contributed by atoms with Crippen molar-refractivity contribution in [1.82, 2.24) is 0 Å². The number of rotatable bonds is 10. The molecule has 2 unspecified atom stereocenters. The first-order chi connectivity index (χ1) is 11.2. The van der Waals surface area contributed by atoms with Crippen LogP contribution in [0.25, 0.3) is 0 Å². The number of ether oxygens (including phenoxy) is 4. The number of carbonyl (C=O) groups is 2. The van der Waals surface area contributed by atoms with Crippen LogP contribution in [0.15, 0.2) is 24.3 Å². The molecule has 0 saturated heterocycles. The van der Waals surface area contributed by atoms with Crippen LogP contribution in [0, 0.1) is 0 Å². The predicted octanol–water partition coefficient (Wildman–Crippen LogP) is 3.76. The number of hydrogen-bond donors (Lipinski definition) is 0. The summed E-state index contributed by atoms with van der Waals surface area (Å²) in [6, 6.07) is 0. The minimum atomic E-state index is -0.482. The van der Waals surface area contributed by atoms with Gasteiger partial charge in [-0.25, -0.2) is 9.59 Å². The van der Waals surface area contributed by atoms with E-state index in [4.69, 9.17) is 18.9 Å². The molecule has 0 aromatic carbocycles. The Morgan fingerprint density at radius 2 is 1.33 bits per heavy atom. The van der Waals surface area contributed by atoms with Gasteiger partial charge in [0.05, 0.1) is 0 Å². The van der Waals surface area contributed by atoms with E-state index in [1.165, 1.54) is 0 Å². The largest absolute Gasteiger partial charge is 0.433 e. The second-order valence-corrected chi connectivity index (χ2v) is 5.07. The lowest BCUT2D eigenvalue weighted by molar-refractivity contribution is -0.174. The Balaban J connectivity index is 0. The SMILES string of the molecule is C=C(C)C(=O)OC(C)OCC.C=C(C)C(=O)OC(CCC)OCC. The van der Waals surface area contributed by atoms with Crippen molar-refractivity contribution in [2.24, 2.45) is 0 Å². The first kappa shape index (κ1) is 24.6. The molecule has 0 aliphatic carbocycles. The van der Waals surface area contributed by atoms with Crippen molar-refractivity contribution in [1.29, 1.82) is 0 Å². The van der Waals surface area contributed by atoms with Crippen molar-refractivity contribution < 1.29 is 28.5 Å². The molecule has 0 radical (unpaired) electrons. The van der Waals surface area contributed by atoms with Crippen LogP contribution in [0.4, 0.5) is 0 Å². The quantitative estimate of drug-likeness (QED) is 0.341. The van der Waals surface area contributed by atoms with Crippen LogP contribution in [-0.4, -0.2) is 37.7 Å². The van der Waals surface area contributed by atoms with E-state index in [0.29, 0.717) is 24.4 Å². The van der Waals surface area contributed by atoms with Gasteiger partial charge < -0.3 is 18.9 Å². The van der Waals surface area contributed by atoms with Gasteiger partial charge in [-0.2, -0.15) is 0 Å². The molecule has 0 aliphatic heterocycles. The van der Waals surface area contributed by atoms with E-state index in [1.54, 1.807) is 20.8 Å². The van der Waals surface area contributed by atoms with E-state index >= 15 is 0 Å². The van der Waals surface area contributed by atoms with E-state index in [0.717, 1.165) is 12.8 Å². The van der Waals surface area contributed by atoms with Gasteiger partial charge in [0.15, 0.2) is 6.29 Å². The summed E-state index contributed by atoms with van der Waals surface area (Å²) < 4.78 is 20.0. The summed E-state index contributed by atoms with van der Waals surface area (Å²) in [5, 5.41) is 0. The van der Waals surface area contributed by atoms with Crippen LogP contribution in [0.5, 0.6) is 0 Å². The second kappa shape index (κ2) is 14.9. The first-order valence-corrected chi connectivity index (χ1v) is 8.15. The van der Waals surface area contributed by atoms with Crippen LogP contribution in [-0.2, 0) is 28.5 Å². The highest BCUT2D eigenvalue weighted by Crippen LogP contribution is 2.06. The Kier molecular flexibility index (Phi) is 15.3. The summed E-state index contributed by atoms with van der Waals surface area (Å²) in [6.07, 6.45) is 0.754. The number of esters is 2. The monoisotopic (exact) mass is 344 g/mol. The van der Waals surface area contributed by atoms with Crippen molar-refractivity contribution in [3.05, 3.63) is 24.3 Å². The molecule has 2 atom stereocenters. The lowest BCUT2D eigenvalue weighted by Gasteiger charge is -2.16. The van der Waals surface area contributed by atoms with Gasteiger partial charge in [-0.3, -0.25) is 0 Å². The summed E-state index contributed by atoms with van der Waals surface area (Å²) in [5.74, 6) is -0.794. The van der Waals surface area contributed by atoms with Crippen molar-refractivity contribution in [2.75, 3.05) is 13.2 Å². The summed E-state index contributed by atoms with van der Waals surface area (Å²) in [6.45, 7) is 18.6.